The molecule has 264 valence electrons. The number of amides is 2. The number of thiophene rings is 1. The maximum Gasteiger partial charge on any atom is 0.391 e. The number of ether oxygens (including phenoxy) is 2. The van der Waals surface area contributed by atoms with Crippen LogP contribution in [0.4, 0.5) is 4.39 Å². The van der Waals surface area contributed by atoms with Crippen LogP contribution in [0.2, 0.25) is 0 Å². The number of hydrogen-bond acceptors (Lipinski definition) is 10. The molecule has 0 aliphatic rings. The summed E-state index contributed by atoms with van der Waals surface area (Å²) in [6.45, 7) is 0.365. The number of sulfonamides is 1. The lowest BCUT2D eigenvalue weighted by Crippen LogP contribution is -2.28. The van der Waals surface area contributed by atoms with Gasteiger partial charge >= 0.3 is 7.60 Å². The van der Waals surface area contributed by atoms with E-state index in [0.29, 0.717) is 21.2 Å². The highest BCUT2D eigenvalue weighted by molar-refractivity contribution is 7.92. The summed E-state index contributed by atoms with van der Waals surface area (Å²) in [7, 11) is -8.99. The third-order valence-electron chi connectivity index (χ3n) is 6.95. The second kappa shape index (κ2) is 16.6. The molecule has 0 saturated carbocycles. The van der Waals surface area contributed by atoms with Crippen molar-refractivity contribution in [1.82, 2.24) is 15.4 Å². The second-order valence-corrected chi connectivity index (χ2v) is 15.5. The summed E-state index contributed by atoms with van der Waals surface area (Å²) in [5.41, 5.74) is 0.662. The Morgan fingerprint density at radius 2 is 1.41 bits per heavy atom. The molecule has 5 rings (SSSR count). The molecule has 0 bridgehead atoms. The van der Waals surface area contributed by atoms with Gasteiger partial charge in [-0.25, -0.2) is 17.4 Å². The first kappa shape index (κ1) is 37.0. The Morgan fingerprint density at radius 1 is 0.843 bits per heavy atom. The molecule has 51 heavy (non-hydrogen) atoms. The fraction of sp³-hybridized carbons (Fsp3) is 0.147. The van der Waals surface area contributed by atoms with E-state index in [-0.39, 0.29) is 65.1 Å². The summed E-state index contributed by atoms with van der Waals surface area (Å²) in [5, 5.41) is 14.8. The van der Waals surface area contributed by atoms with Gasteiger partial charge in [-0.05, 0) is 53.9 Å². The Bertz CT molecular complexity index is 2130. The summed E-state index contributed by atoms with van der Waals surface area (Å²) in [6, 6.07) is 26.2. The summed E-state index contributed by atoms with van der Waals surface area (Å²) < 4.78 is 72.0. The van der Waals surface area contributed by atoms with E-state index in [1.54, 1.807) is 78.9 Å². The molecule has 1 unspecified atom stereocenters. The van der Waals surface area contributed by atoms with Crippen LogP contribution in [0.1, 0.15) is 26.3 Å². The molecule has 0 spiro atoms. The predicted molar refractivity (Wildman–Crippen MR) is 187 cm³/mol. The van der Waals surface area contributed by atoms with E-state index in [1.807, 2.05) is 0 Å². The Kier molecular flexibility index (Phi) is 12.0. The first-order valence-electron chi connectivity index (χ1n) is 15.1. The number of nitriles is 1. The lowest BCUT2D eigenvalue weighted by molar-refractivity contribution is 0.0937. The maximum atomic E-state index is 13.9. The molecule has 0 aliphatic heterocycles. The van der Waals surface area contributed by atoms with E-state index in [1.165, 1.54) is 6.07 Å². The highest BCUT2D eigenvalue weighted by atomic mass is 32.2. The van der Waals surface area contributed by atoms with Crippen molar-refractivity contribution in [3.63, 3.8) is 0 Å². The van der Waals surface area contributed by atoms with Gasteiger partial charge in [0, 0.05) is 28.0 Å². The quantitative estimate of drug-likeness (QED) is 0.0785. The van der Waals surface area contributed by atoms with Crippen LogP contribution in [0.5, 0.6) is 17.2 Å². The van der Waals surface area contributed by atoms with E-state index in [2.05, 4.69) is 15.4 Å². The molecule has 4 N–H and O–H groups in total. The van der Waals surface area contributed by atoms with Gasteiger partial charge in [0.1, 0.15) is 41.3 Å². The Morgan fingerprint density at radius 3 is 1.96 bits per heavy atom. The standard InChI is InChI=1S/C34H30FN4O9PS2/c35-28-19-27(12-11-25(28)21-36)48-49(42,43)22-39-51(44,45)32-18-26-17-29(46-15-13-37-33(40)23-7-3-1-4-8-23)30(20-31(26)50-32)47-16-14-38-34(41)24-9-5-2-6-10-24/h1-12,17-20,39H,13-16,22H2,(H,37,40)(H,38,41)(H,42,43). The average Bonchev–Trinajstić information content (AvgIpc) is 3.55. The minimum Gasteiger partial charge on any atom is -0.488 e. The molecule has 4 aromatic carbocycles. The van der Waals surface area contributed by atoms with Crippen molar-refractivity contribution in [2.75, 3.05) is 32.6 Å². The van der Waals surface area contributed by atoms with Crippen molar-refractivity contribution in [3.05, 3.63) is 120 Å². The van der Waals surface area contributed by atoms with Crippen LogP contribution in [-0.4, -0.2) is 57.7 Å². The van der Waals surface area contributed by atoms with Crippen LogP contribution in [0, 0.1) is 17.1 Å². The Hall–Kier alpha value is -5.30. The largest absolute Gasteiger partial charge is 0.488 e. The number of nitrogens with one attached hydrogen (secondary N) is 3. The van der Waals surface area contributed by atoms with Gasteiger partial charge < -0.3 is 29.5 Å². The molecule has 0 radical (unpaired) electrons. The van der Waals surface area contributed by atoms with Crippen molar-refractivity contribution < 1.29 is 45.9 Å². The maximum absolute atomic E-state index is 13.9. The van der Waals surface area contributed by atoms with Crippen molar-refractivity contribution in [3.8, 4) is 23.3 Å². The number of fused-ring (bicyclic) bond motifs is 1. The molecule has 5 aromatic rings. The normalized spacial score (nSPS) is 12.3. The van der Waals surface area contributed by atoms with E-state index < -0.39 is 29.7 Å². The zero-order chi connectivity index (χ0) is 36.4. The van der Waals surface area contributed by atoms with Crippen molar-refractivity contribution in [2.45, 2.75) is 4.21 Å². The van der Waals surface area contributed by atoms with E-state index >= 15 is 0 Å². The minimum absolute atomic E-state index is 0.0386. The number of nitrogens with zero attached hydrogens (tertiary/aromatic N) is 1. The van der Waals surface area contributed by atoms with E-state index in [4.69, 9.17) is 19.3 Å². The van der Waals surface area contributed by atoms with Gasteiger partial charge in [0.15, 0.2) is 11.5 Å². The van der Waals surface area contributed by atoms with Crippen LogP contribution in [-0.2, 0) is 14.6 Å². The fourth-order valence-corrected chi connectivity index (χ4v) is 8.45. The predicted octanol–water partition coefficient (Wildman–Crippen LogP) is 5.03. The molecule has 0 aliphatic carbocycles. The number of hydrogen-bond donors (Lipinski definition) is 4. The molecule has 1 atom stereocenters. The van der Waals surface area contributed by atoms with Crippen LogP contribution in [0.3, 0.4) is 0 Å². The second-order valence-electron chi connectivity index (χ2n) is 10.6. The third kappa shape index (κ3) is 10.1. The molecular weight excluding hydrogens is 722 g/mol. The van der Waals surface area contributed by atoms with Gasteiger partial charge in [0.25, 0.3) is 21.8 Å². The van der Waals surface area contributed by atoms with E-state index in [9.17, 15) is 31.9 Å². The van der Waals surface area contributed by atoms with Crippen LogP contribution in [0.15, 0.2) is 101 Å². The summed E-state index contributed by atoms with van der Waals surface area (Å²) >= 11 is 0.854. The van der Waals surface area contributed by atoms with Gasteiger partial charge in [0.2, 0.25) is 0 Å². The molecule has 1 aromatic heterocycles. The molecule has 13 nitrogen and oxygen atoms in total. The molecular formula is C34H30FN4O9PS2. The topological polar surface area (TPSA) is 193 Å². The Balaban J connectivity index is 1.27. The molecule has 2 amide bonds. The number of rotatable bonds is 16. The number of carbonyl (C=O) groups excluding carboxylic acids is 2. The lowest BCUT2D eigenvalue weighted by atomic mass is 10.2. The van der Waals surface area contributed by atoms with Crippen LogP contribution in [0.25, 0.3) is 10.1 Å². The van der Waals surface area contributed by atoms with Crippen LogP contribution < -0.4 is 29.4 Å². The van der Waals surface area contributed by atoms with Gasteiger partial charge in [-0.3, -0.25) is 9.59 Å². The summed E-state index contributed by atoms with van der Waals surface area (Å²) in [5.74, 6) is -1.43. The monoisotopic (exact) mass is 752 g/mol. The highest BCUT2D eigenvalue weighted by Gasteiger charge is 2.27. The summed E-state index contributed by atoms with van der Waals surface area (Å²) in [6.07, 6.45) is -1.03. The van der Waals surface area contributed by atoms with Crippen molar-refractivity contribution in [2.24, 2.45) is 0 Å². The van der Waals surface area contributed by atoms with Crippen LogP contribution >= 0.6 is 18.9 Å². The number of carbonyl (C=O) groups is 2. The highest BCUT2D eigenvalue weighted by Crippen LogP contribution is 2.43. The first-order valence-corrected chi connectivity index (χ1v) is 19.2. The number of benzene rings is 4. The minimum atomic E-state index is -4.65. The first-order chi connectivity index (χ1) is 24.4. The zero-order valence-electron chi connectivity index (χ0n) is 26.6. The molecule has 0 saturated heterocycles. The smallest absolute Gasteiger partial charge is 0.391 e. The fourth-order valence-electron chi connectivity index (χ4n) is 4.49. The van der Waals surface area contributed by atoms with Crippen molar-refractivity contribution >= 4 is 50.9 Å². The van der Waals surface area contributed by atoms with Gasteiger partial charge in [0.05, 0.1) is 18.7 Å². The summed E-state index contributed by atoms with van der Waals surface area (Å²) in [4.78, 5) is 35.1. The van der Waals surface area contributed by atoms with Gasteiger partial charge in [-0.2, -0.15) is 9.98 Å². The molecule has 0 fully saturated rings. The molecule has 17 heteroatoms. The van der Waals surface area contributed by atoms with E-state index in [0.717, 1.165) is 29.5 Å². The van der Waals surface area contributed by atoms with Gasteiger partial charge in [-0.15, -0.1) is 11.3 Å². The lowest BCUT2D eigenvalue weighted by Gasteiger charge is -2.14. The Labute approximate surface area is 296 Å². The molecule has 1 heterocycles. The number of halogens is 1. The SMILES string of the molecule is N#Cc1ccc(OP(=O)(O)CNS(=O)(=O)c2cc3cc(OCCNC(=O)c4ccccc4)c(OCCNC(=O)c4ccccc4)cc3s2)cc1F. The van der Waals surface area contributed by atoms with Gasteiger partial charge in [-0.1, -0.05) is 36.4 Å². The third-order valence-corrected chi connectivity index (χ3v) is 11.2. The van der Waals surface area contributed by atoms with Crippen molar-refractivity contribution in [1.29, 1.82) is 5.26 Å². The average molecular weight is 753 g/mol. The zero-order valence-corrected chi connectivity index (χ0v) is 29.1.